The number of hydrogen-bond donors (Lipinski definition) is 0. The molecule has 0 saturated heterocycles. The average Bonchev–Trinajstić information content (AvgIpc) is 3.64. The van der Waals surface area contributed by atoms with E-state index < -0.39 is 0 Å². The Bertz CT molecular complexity index is 2790. The van der Waals surface area contributed by atoms with Gasteiger partial charge in [-0.05, 0) is 112 Å². The Labute approximate surface area is 303 Å². The van der Waals surface area contributed by atoms with Crippen LogP contribution in [-0.4, -0.2) is 8.75 Å². The van der Waals surface area contributed by atoms with Gasteiger partial charge >= 0.3 is 0 Å². The molecule has 9 aromatic rings. The second-order valence-corrected chi connectivity index (χ2v) is 16.6. The molecule has 0 fully saturated rings. The summed E-state index contributed by atoms with van der Waals surface area (Å²) in [6.45, 7) is 13.9. The molecule has 2 nitrogen and oxygen atoms in total. The van der Waals surface area contributed by atoms with Crippen LogP contribution in [0.2, 0.25) is 0 Å². The summed E-state index contributed by atoms with van der Waals surface area (Å²) in [5, 5.41) is 9.85. The van der Waals surface area contributed by atoms with Crippen molar-refractivity contribution in [3.8, 4) is 33.4 Å². The third-order valence-electron chi connectivity index (χ3n) is 10.6. The molecule has 0 spiro atoms. The van der Waals surface area contributed by atoms with E-state index in [0.29, 0.717) is 0 Å². The highest BCUT2D eigenvalue weighted by molar-refractivity contribution is 7.00. The standard InChI is InChI=1S/C48H40N2S/c1-47(2,3)35-24-34(25-36(28-35)48(4,5)6)43-27-33-23-31(18-20-37(33)38-14-7-8-16-40(38)43)29-12-11-13-30(22-29)32-19-21-41-39-15-9-10-17-42(39)45-46(44(41)26-32)50-51-49-45/h7-28H,1-6H3. The van der Waals surface area contributed by atoms with Gasteiger partial charge in [-0.15, -0.1) is 0 Å². The zero-order chi connectivity index (χ0) is 35.1. The third-order valence-corrected chi connectivity index (χ3v) is 11.1. The Hall–Kier alpha value is -5.38. The Morgan fingerprint density at radius 2 is 0.882 bits per heavy atom. The Morgan fingerprint density at radius 1 is 0.373 bits per heavy atom. The first-order valence-electron chi connectivity index (χ1n) is 17.8. The fourth-order valence-corrected chi connectivity index (χ4v) is 8.25. The van der Waals surface area contributed by atoms with Gasteiger partial charge in [-0.25, -0.2) is 0 Å². The monoisotopic (exact) mass is 676 g/mol. The summed E-state index contributed by atoms with van der Waals surface area (Å²) in [7, 11) is 0. The van der Waals surface area contributed by atoms with Crippen molar-refractivity contribution in [1.29, 1.82) is 0 Å². The van der Waals surface area contributed by atoms with Gasteiger partial charge in [0.2, 0.25) is 0 Å². The fourth-order valence-electron chi connectivity index (χ4n) is 7.68. The number of fused-ring (bicyclic) bond motifs is 9. The van der Waals surface area contributed by atoms with Crippen molar-refractivity contribution in [2.75, 3.05) is 0 Å². The lowest BCUT2D eigenvalue weighted by Gasteiger charge is -2.26. The van der Waals surface area contributed by atoms with Crippen LogP contribution < -0.4 is 0 Å². The van der Waals surface area contributed by atoms with Gasteiger partial charge in [-0.2, -0.15) is 8.75 Å². The van der Waals surface area contributed by atoms with Crippen molar-refractivity contribution in [2.45, 2.75) is 52.4 Å². The summed E-state index contributed by atoms with van der Waals surface area (Å²) < 4.78 is 9.42. The van der Waals surface area contributed by atoms with Crippen molar-refractivity contribution in [3.63, 3.8) is 0 Å². The maximum absolute atomic E-state index is 4.74. The average molecular weight is 677 g/mol. The van der Waals surface area contributed by atoms with Gasteiger partial charge in [0.15, 0.2) is 0 Å². The second kappa shape index (κ2) is 11.6. The summed E-state index contributed by atoms with van der Waals surface area (Å²) in [5.41, 5.74) is 12.1. The van der Waals surface area contributed by atoms with E-state index >= 15 is 0 Å². The molecule has 0 aliphatic heterocycles. The molecule has 1 aromatic heterocycles. The van der Waals surface area contributed by atoms with Crippen LogP contribution in [0.4, 0.5) is 0 Å². The Kier molecular flexibility index (Phi) is 7.17. The van der Waals surface area contributed by atoms with Crippen molar-refractivity contribution >= 4 is 65.9 Å². The molecule has 1 heterocycles. The van der Waals surface area contributed by atoms with Crippen LogP contribution in [0, 0.1) is 0 Å². The molecule has 0 saturated carbocycles. The molecule has 0 amide bonds. The molecule has 0 unspecified atom stereocenters. The van der Waals surface area contributed by atoms with E-state index in [2.05, 4.69) is 179 Å². The van der Waals surface area contributed by atoms with E-state index in [0.717, 1.165) is 21.8 Å². The largest absolute Gasteiger partial charge is 0.172 e. The van der Waals surface area contributed by atoms with Gasteiger partial charge in [0, 0.05) is 10.8 Å². The van der Waals surface area contributed by atoms with E-state index in [1.165, 1.54) is 88.6 Å². The second-order valence-electron chi connectivity index (χ2n) is 16.1. The normalized spacial score (nSPS) is 12.5. The van der Waals surface area contributed by atoms with Crippen molar-refractivity contribution in [3.05, 3.63) is 145 Å². The maximum atomic E-state index is 4.74. The van der Waals surface area contributed by atoms with Crippen LogP contribution in [0.1, 0.15) is 52.7 Å². The minimum atomic E-state index is 0.0444. The molecule has 0 aliphatic rings. The zero-order valence-corrected chi connectivity index (χ0v) is 30.8. The molecule has 8 aromatic carbocycles. The highest BCUT2D eigenvalue weighted by Gasteiger charge is 2.22. The first-order valence-corrected chi connectivity index (χ1v) is 18.6. The lowest BCUT2D eigenvalue weighted by Crippen LogP contribution is -2.16. The molecule has 0 atom stereocenters. The molecular weight excluding hydrogens is 637 g/mol. The van der Waals surface area contributed by atoms with Crippen LogP contribution in [0.3, 0.4) is 0 Å². The van der Waals surface area contributed by atoms with Crippen molar-refractivity contribution < 1.29 is 0 Å². The molecular formula is C48H40N2S. The molecule has 9 rings (SSSR count). The molecule has 51 heavy (non-hydrogen) atoms. The van der Waals surface area contributed by atoms with Crippen molar-refractivity contribution in [2.24, 2.45) is 0 Å². The smallest absolute Gasteiger partial charge is 0.113 e. The van der Waals surface area contributed by atoms with Gasteiger partial charge in [-0.3, -0.25) is 0 Å². The summed E-state index contributed by atoms with van der Waals surface area (Å²) in [6, 6.07) is 49.8. The first-order chi connectivity index (χ1) is 24.5. The maximum Gasteiger partial charge on any atom is 0.113 e. The van der Waals surface area contributed by atoms with E-state index in [1.54, 1.807) is 0 Å². The fraction of sp³-hybridized carbons (Fsp3) is 0.167. The first kappa shape index (κ1) is 31.6. The van der Waals surface area contributed by atoms with E-state index in [4.69, 9.17) is 4.37 Å². The lowest BCUT2D eigenvalue weighted by molar-refractivity contribution is 0.569. The van der Waals surface area contributed by atoms with Crippen molar-refractivity contribution in [1.82, 2.24) is 8.75 Å². The van der Waals surface area contributed by atoms with E-state index in [-0.39, 0.29) is 10.8 Å². The minimum absolute atomic E-state index is 0.0444. The van der Waals surface area contributed by atoms with Crippen LogP contribution >= 0.6 is 11.7 Å². The number of aromatic nitrogens is 2. The molecule has 0 aliphatic carbocycles. The molecule has 3 heteroatoms. The quantitative estimate of drug-likeness (QED) is 0.174. The van der Waals surface area contributed by atoms with Gasteiger partial charge < -0.3 is 0 Å². The highest BCUT2D eigenvalue weighted by atomic mass is 32.1. The topological polar surface area (TPSA) is 25.8 Å². The highest BCUT2D eigenvalue weighted by Crippen LogP contribution is 2.41. The molecule has 0 bridgehead atoms. The predicted octanol–water partition coefficient (Wildman–Crippen LogP) is 13.9. The Balaban J connectivity index is 1.19. The lowest BCUT2D eigenvalue weighted by atomic mass is 9.78. The van der Waals surface area contributed by atoms with Crippen LogP contribution in [0.5, 0.6) is 0 Å². The minimum Gasteiger partial charge on any atom is -0.172 e. The number of nitrogens with zero attached hydrogens (tertiary/aromatic N) is 2. The van der Waals surface area contributed by atoms with Crippen LogP contribution in [-0.2, 0) is 10.8 Å². The summed E-state index contributed by atoms with van der Waals surface area (Å²) >= 11 is 1.29. The molecule has 0 radical (unpaired) electrons. The van der Waals surface area contributed by atoms with E-state index in [1.807, 2.05) is 0 Å². The zero-order valence-electron chi connectivity index (χ0n) is 30.0. The van der Waals surface area contributed by atoms with Crippen LogP contribution in [0.15, 0.2) is 133 Å². The Morgan fingerprint density at radius 3 is 1.53 bits per heavy atom. The summed E-state index contributed by atoms with van der Waals surface area (Å²) in [4.78, 5) is 0. The number of benzene rings is 8. The number of hydrogen-bond acceptors (Lipinski definition) is 3. The van der Waals surface area contributed by atoms with Gasteiger partial charge in [0.25, 0.3) is 0 Å². The summed E-state index contributed by atoms with van der Waals surface area (Å²) in [5.74, 6) is 0. The van der Waals surface area contributed by atoms with Gasteiger partial charge in [0.05, 0.1) is 11.7 Å². The third kappa shape index (κ3) is 5.39. The summed E-state index contributed by atoms with van der Waals surface area (Å²) in [6.07, 6.45) is 0. The van der Waals surface area contributed by atoms with Gasteiger partial charge in [-0.1, -0.05) is 151 Å². The number of rotatable bonds is 3. The SMILES string of the molecule is CC(C)(C)c1cc(-c2cc3cc(-c4cccc(-c5ccc6c7ccccc7c7nsnc7c6c5)c4)ccc3c3ccccc23)cc(C(C)(C)C)c1. The predicted molar refractivity (Wildman–Crippen MR) is 221 cm³/mol. The van der Waals surface area contributed by atoms with Crippen LogP contribution in [0.25, 0.3) is 87.5 Å². The molecule has 248 valence electrons. The molecule has 0 N–H and O–H groups in total. The van der Waals surface area contributed by atoms with Gasteiger partial charge in [0.1, 0.15) is 11.0 Å². The van der Waals surface area contributed by atoms with E-state index in [9.17, 15) is 0 Å².